The lowest BCUT2D eigenvalue weighted by Gasteiger charge is -2.27. The molecule has 1 saturated carbocycles. The smallest absolute Gasteiger partial charge is 0.132 e. The summed E-state index contributed by atoms with van der Waals surface area (Å²) in [5.74, 6) is 0.998. The molecule has 0 spiro atoms. The summed E-state index contributed by atoms with van der Waals surface area (Å²) in [6.45, 7) is 4.22. The Morgan fingerprint density at radius 3 is 2.65 bits per heavy atom. The van der Waals surface area contributed by atoms with E-state index < -0.39 is 0 Å². The zero-order valence-corrected chi connectivity index (χ0v) is 10.7. The summed E-state index contributed by atoms with van der Waals surface area (Å²) in [4.78, 5) is 8.64. The van der Waals surface area contributed by atoms with Crippen LogP contribution in [0.15, 0.2) is 6.33 Å². The van der Waals surface area contributed by atoms with Crippen LogP contribution in [-0.4, -0.2) is 22.1 Å². The Morgan fingerprint density at radius 1 is 1.29 bits per heavy atom. The Kier molecular flexibility index (Phi) is 3.94. The highest BCUT2D eigenvalue weighted by Gasteiger charge is 2.19. The van der Waals surface area contributed by atoms with Gasteiger partial charge >= 0.3 is 0 Å². The van der Waals surface area contributed by atoms with Gasteiger partial charge in [-0.3, -0.25) is 0 Å². The SMILES string of the molecule is CCc1ncnc(NC2CCC(N)CC2)c1C. The Morgan fingerprint density at radius 2 is 2.00 bits per heavy atom. The van der Waals surface area contributed by atoms with Crippen LogP contribution in [0, 0.1) is 6.92 Å². The maximum atomic E-state index is 5.91. The van der Waals surface area contributed by atoms with Crippen molar-refractivity contribution in [2.75, 3.05) is 5.32 Å². The predicted octanol–water partition coefficient (Wildman–Crippen LogP) is 2.03. The lowest BCUT2D eigenvalue weighted by atomic mass is 9.92. The van der Waals surface area contributed by atoms with Gasteiger partial charge in [-0.25, -0.2) is 9.97 Å². The molecule has 4 heteroatoms. The fraction of sp³-hybridized carbons (Fsp3) is 0.692. The van der Waals surface area contributed by atoms with Gasteiger partial charge in [0.2, 0.25) is 0 Å². The lowest BCUT2D eigenvalue weighted by Crippen LogP contribution is -2.33. The van der Waals surface area contributed by atoms with Gasteiger partial charge in [-0.2, -0.15) is 0 Å². The first-order chi connectivity index (χ1) is 8.20. The molecular weight excluding hydrogens is 212 g/mol. The fourth-order valence-electron chi connectivity index (χ4n) is 2.45. The van der Waals surface area contributed by atoms with Crippen LogP contribution in [0.5, 0.6) is 0 Å². The average molecular weight is 234 g/mol. The Hall–Kier alpha value is -1.16. The summed E-state index contributed by atoms with van der Waals surface area (Å²) in [5.41, 5.74) is 8.23. The topological polar surface area (TPSA) is 63.8 Å². The van der Waals surface area contributed by atoms with Gasteiger partial charge in [0.05, 0.1) is 0 Å². The second-order valence-corrected chi connectivity index (χ2v) is 4.90. The van der Waals surface area contributed by atoms with Crippen molar-refractivity contribution in [1.29, 1.82) is 0 Å². The fourth-order valence-corrected chi connectivity index (χ4v) is 2.45. The summed E-state index contributed by atoms with van der Waals surface area (Å²) < 4.78 is 0. The highest BCUT2D eigenvalue weighted by Crippen LogP contribution is 2.22. The largest absolute Gasteiger partial charge is 0.367 e. The van der Waals surface area contributed by atoms with E-state index in [9.17, 15) is 0 Å². The molecule has 1 aliphatic carbocycles. The van der Waals surface area contributed by atoms with Gasteiger partial charge in [-0.05, 0) is 39.0 Å². The second kappa shape index (κ2) is 5.45. The van der Waals surface area contributed by atoms with Gasteiger partial charge in [0.25, 0.3) is 0 Å². The number of aromatic nitrogens is 2. The van der Waals surface area contributed by atoms with Gasteiger partial charge in [-0.1, -0.05) is 6.92 Å². The van der Waals surface area contributed by atoms with Crippen LogP contribution >= 0.6 is 0 Å². The maximum Gasteiger partial charge on any atom is 0.132 e. The minimum absolute atomic E-state index is 0.394. The van der Waals surface area contributed by atoms with Crippen molar-refractivity contribution in [3.8, 4) is 0 Å². The lowest BCUT2D eigenvalue weighted by molar-refractivity contribution is 0.410. The van der Waals surface area contributed by atoms with Crippen LogP contribution in [0.25, 0.3) is 0 Å². The maximum absolute atomic E-state index is 5.91. The molecular formula is C13H22N4. The molecule has 1 aliphatic rings. The van der Waals surface area contributed by atoms with Crippen molar-refractivity contribution in [2.24, 2.45) is 5.73 Å². The molecule has 0 unspecified atom stereocenters. The van der Waals surface area contributed by atoms with Crippen LogP contribution in [-0.2, 0) is 6.42 Å². The van der Waals surface area contributed by atoms with Crippen molar-refractivity contribution in [3.05, 3.63) is 17.6 Å². The number of nitrogens with zero attached hydrogens (tertiary/aromatic N) is 2. The molecule has 4 nitrogen and oxygen atoms in total. The molecule has 0 aliphatic heterocycles. The summed E-state index contributed by atoms with van der Waals surface area (Å²) in [6.07, 6.45) is 7.13. The van der Waals surface area contributed by atoms with E-state index in [0.29, 0.717) is 12.1 Å². The molecule has 1 fully saturated rings. The molecule has 0 saturated heterocycles. The zero-order valence-electron chi connectivity index (χ0n) is 10.7. The minimum atomic E-state index is 0.394. The second-order valence-electron chi connectivity index (χ2n) is 4.90. The molecule has 1 aromatic heterocycles. The normalized spacial score (nSPS) is 24.6. The van der Waals surface area contributed by atoms with Gasteiger partial charge in [0.15, 0.2) is 0 Å². The molecule has 17 heavy (non-hydrogen) atoms. The van der Waals surface area contributed by atoms with Crippen molar-refractivity contribution in [1.82, 2.24) is 9.97 Å². The van der Waals surface area contributed by atoms with Crippen LogP contribution < -0.4 is 11.1 Å². The molecule has 0 aromatic carbocycles. The van der Waals surface area contributed by atoms with Crippen molar-refractivity contribution < 1.29 is 0 Å². The summed E-state index contributed by atoms with van der Waals surface area (Å²) in [5, 5.41) is 3.54. The number of anilines is 1. The first-order valence-electron chi connectivity index (χ1n) is 6.53. The van der Waals surface area contributed by atoms with Gasteiger partial charge in [0.1, 0.15) is 12.1 Å². The molecule has 0 radical (unpaired) electrons. The highest BCUT2D eigenvalue weighted by molar-refractivity contribution is 5.45. The number of hydrogen-bond donors (Lipinski definition) is 2. The van der Waals surface area contributed by atoms with Crippen molar-refractivity contribution >= 4 is 5.82 Å². The number of hydrogen-bond acceptors (Lipinski definition) is 4. The molecule has 1 aromatic rings. The molecule has 0 amide bonds. The van der Waals surface area contributed by atoms with Crippen molar-refractivity contribution in [2.45, 2.75) is 58.0 Å². The number of nitrogens with two attached hydrogens (primary N) is 1. The summed E-state index contributed by atoms with van der Waals surface area (Å²) in [6, 6.07) is 0.916. The molecule has 2 rings (SSSR count). The number of rotatable bonds is 3. The van der Waals surface area contributed by atoms with E-state index in [1.807, 2.05) is 0 Å². The standard InChI is InChI=1S/C13H22N4/c1-3-12-9(2)13(16-8-15-12)17-11-6-4-10(14)5-7-11/h8,10-11H,3-7,14H2,1-2H3,(H,15,16,17). The Balaban J connectivity index is 2.03. The quantitative estimate of drug-likeness (QED) is 0.840. The molecule has 1 heterocycles. The molecule has 3 N–H and O–H groups in total. The third-order valence-electron chi connectivity index (χ3n) is 3.64. The first-order valence-corrected chi connectivity index (χ1v) is 6.53. The van der Waals surface area contributed by atoms with E-state index in [0.717, 1.165) is 43.6 Å². The third-order valence-corrected chi connectivity index (χ3v) is 3.64. The molecule has 0 bridgehead atoms. The van der Waals surface area contributed by atoms with Gasteiger partial charge in [0, 0.05) is 23.3 Å². The van der Waals surface area contributed by atoms with E-state index in [1.54, 1.807) is 6.33 Å². The minimum Gasteiger partial charge on any atom is -0.367 e. The molecule has 94 valence electrons. The van der Waals surface area contributed by atoms with E-state index in [1.165, 1.54) is 5.56 Å². The van der Waals surface area contributed by atoms with Crippen LogP contribution in [0.3, 0.4) is 0 Å². The van der Waals surface area contributed by atoms with E-state index in [2.05, 4.69) is 29.1 Å². The van der Waals surface area contributed by atoms with Gasteiger partial charge in [-0.15, -0.1) is 0 Å². The van der Waals surface area contributed by atoms with Crippen molar-refractivity contribution in [3.63, 3.8) is 0 Å². The monoisotopic (exact) mass is 234 g/mol. The van der Waals surface area contributed by atoms with E-state index in [-0.39, 0.29) is 0 Å². The van der Waals surface area contributed by atoms with Crippen LogP contribution in [0.4, 0.5) is 5.82 Å². The third kappa shape index (κ3) is 2.94. The average Bonchev–Trinajstić information content (AvgIpc) is 2.35. The summed E-state index contributed by atoms with van der Waals surface area (Å²) in [7, 11) is 0. The number of nitrogens with one attached hydrogen (secondary N) is 1. The van der Waals surface area contributed by atoms with Crippen LogP contribution in [0.1, 0.15) is 43.9 Å². The van der Waals surface area contributed by atoms with Crippen LogP contribution in [0.2, 0.25) is 0 Å². The summed E-state index contributed by atoms with van der Waals surface area (Å²) >= 11 is 0. The first kappa shape index (κ1) is 12.3. The number of aryl methyl sites for hydroxylation is 1. The zero-order chi connectivity index (χ0) is 12.3. The predicted molar refractivity (Wildman–Crippen MR) is 70.0 cm³/mol. The highest BCUT2D eigenvalue weighted by atomic mass is 15.0. The van der Waals surface area contributed by atoms with E-state index in [4.69, 9.17) is 5.73 Å². The van der Waals surface area contributed by atoms with Gasteiger partial charge < -0.3 is 11.1 Å². The Labute approximate surface area is 103 Å². The van der Waals surface area contributed by atoms with E-state index >= 15 is 0 Å². The molecule has 0 atom stereocenters. The Bertz CT molecular complexity index is 370.